The van der Waals surface area contributed by atoms with Gasteiger partial charge in [0.1, 0.15) is 11.9 Å². The molecule has 0 aromatic heterocycles. The fourth-order valence-corrected chi connectivity index (χ4v) is 3.02. The molecule has 6 nitrogen and oxygen atoms in total. The van der Waals surface area contributed by atoms with Crippen LogP contribution in [-0.2, 0) is 4.74 Å². The van der Waals surface area contributed by atoms with Crippen LogP contribution in [0.25, 0.3) is 0 Å². The van der Waals surface area contributed by atoms with Crippen LogP contribution in [0.4, 0.5) is 5.69 Å². The second-order valence-corrected chi connectivity index (χ2v) is 6.37. The average molecular weight is 391 g/mol. The Hall–Kier alpha value is -1.37. The maximum atomic E-state index is 5.69. The average Bonchev–Trinajstić information content (AvgIpc) is 2.93. The summed E-state index contributed by atoms with van der Waals surface area (Å²) in [6.45, 7) is 9.77. The summed E-state index contributed by atoms with van der Waals surface area (Å²) in [5.41, 5.74) is 6.82. The molecule has 2 N–H and O–H groups in total. The normalized spacial score (nSPS) is 20.4. The molecule has 1 unspecified atom stereocenters. The fourth-order valence-electron chi connectivity index (χ4n) is 3.02. The third-order valence-electron chi connectivity index (χ3n) is 4.15. The third-order valence-corrected chi connectivity index (χ3v) is 4.15. The number of nitrogens with zero attached hydrogens (tertiary/aromatic N) is 3. The number of ether oxygens (including phenoxy) is 2. The van der Waals surface area contributed by atoms with E-state index >= 15 is 0 Å². The molecule has 0 saturated carbocycles. The molecule has 1 aromatic carbocycles. The van der Waals surface area contributed by atoms with Gasteiger partial charge >= 0.3 is 0 Å². The van der Waals surface area contributed by atoms with Crippen LogP contribution in [0, 0.1) is 0 Å². The highest BCUT2D eigenvalue weighted by atomic mass is 35.5. The van der Waals surface area contributed by atoms with Crippen LogP contribution in [0.2, 0.25) is 0 Å². The summed E-state index contributed by atoms with van der Waals surface area (Å²) in [4.78, 5) is 8.93. The number of hydrogen-bond donors (Lipinski definition) is 1. The van der Waals surface area contributed by atoms with Gasteiger partial charge in [-0.15, -0.1) is 24.8 Å². The summed E-state index contributed by atoms with van der Waals surface area (Å²) in [6, 6.07) is 8.71. The van der Waals surface area contributed by atoms with Gasteiger partial charge in [0.05, 0.1) is 12.6 Å². The van der Waals surface area contributed by atoms with E-state index in [9.17, 15) is 0 Å². The number of amidine groups is 1. The molecule has 25 heavy (non-hydrogen) atoms. The molecule has 1 saturated heterocycles. The zero-order chi connectivity index (χ0) is 16.2. The van der Waals surface area contributed by atoms with E-state index in [4.69, 9.17) is 15.2 Å². The number of halogens is 2. The van der Waals surface area contributed by atoms with Crippen molar-refractivity contribution in [3.63, 3.8) is 0 Å². The minimum absolute atomic E-state index is 0. The number of piperazine rings is 1. The largest absolute Gasteiger partial charge is 0.491 e. The molecule has 1 atom stereocenters. The standard InChI is InChI=1S/C17H26N4O2.2ClH/c1-13(2)22-15-5-3-14(4-6-15)21-9-7-20(8-10-21)12-16-11-19-17(18)23-16;;/h3-6,13,16H,7-12H2,1-2H3,(H2,18,19);2*1H. The Morgan fingerprint density at radius 3 is 2.32 bits per heavy atom. The van der Waals surface area contributed by atoms with E-state index in [1.54, 1.807) is 0 Å². The highest BCUT2D eigenvalue weighted by Crippen LogP contribution is 2.21. The first kappa shape index (κ1) is 21.7. The lowest BCUT2D eigenvalue weighted by molar-refractivity contribution is 0.139. The van der Waals surface area contributed by atoms with Crippen LogP contribution < -0.4 is 15.4 Å². The molecule has 2 heterocycles. The summed E-state index contributed by atoms with van der Waals surface area (Å²) in [5.74, 6) is 0.929. The number of benzene rings is 1. The fraction of sp³-hybridized carbons (Fsp3) is 0.588. The SMILES string of the molecule is CC(C)Oc1ccc(N2CCN(CC3CN=C(N)O3)CC2)cc1.Cl.Cl. The Kier molecular flexibility index (Phi) is 8.62. The highest BCUT2D eigenvalue weighted by Gasteiger charge is 2.24. The summed E-state index contributed by atoms with van der Waals surface area (Å²) in [5, 5.41) is 0. The Labute approximate surface area is 162 Å². The predicted octanol–water partition coefficient (Wildman–Crippen LogP) is 2.15. The van der Waals surface area contributed by atoms with Crippen molar-refractivity contribution < 1.29 is 9.47 Å². The number of aliphatic imine (C=N–C) groups is 1. The molecule has 2 aliphatic heterocycles. The Morgan fingerprint density at radius 1 is 1.16 bits per heavy atom. The molecule has 1 fully saturated rings. The predicted molar refractivity (Wildman–Crippen MR) is 107 cm³/mol. The van der Waals surface area contributed by atoms with E-state index in [1.807, 2.05) is 26.0 Å². The maximum Gasteiger partial charge on any atom is 0.282 e. The van der Waals surface area contributed by atoms with Gasteiger partial charge in [-0.2, -0.15) is 0 Å². The first-order valence-corrected chi connectivity index (χ1v) is 8.31. The van der Waals surface area contributed by atoms with Gasteiger partial charge in [-0.25, -0.2) is 4.99 Å². The monoisotopic (exact) mass is 390 g/mol. The zero-order valence-corrected chi connectivity index (χ0v) is 16.4. The molecule has 2 aliphatic rings. The smallest absolute Gasteiger partial charge is 0.282 e. The Balaban J connectivity index is 0.00000156. The molecule has 8 heteroatoms. The van der Waals surface area contributed by atoms with Crippen molar-refractivity contribution in [2.45, 2.75) is 26.1 Å². The second-order valence-electron chi connectivity index (χ2n) is 6.37. The third kappa shape index (κ3) is 6.13. The highest BCUT2D eigenvalue weighted by molar-refractivity contribution is 5.85. The molecule has 0 aliphatic carbocycles. The Morgan fingerprint density at radius 2 is 1.80 bits per heavy atom. The quantitative estimate of drug-likeness (QED) is 0.834. The van der Waals surface area contributed by atoms with Gasteiger partial charge in [0.2, 0.25) is 0 Å². The van der Waals surface area contributed by atoms with Crippen molar-refractivity contribution in [3.05, 3.63) is 24.3 Å². The van der Waals surface area contributed by atoms with Crippen molar-refractivity contribution in [1.82, 2.24) is 4.90 Å². The minimum Gasteiger partial charge on any atom is -0.491 e. The van der Waals surface area contributed by atoms with Crippen LogP contribution in [-0.4, -0.2) is 62.4 Å². The maximum absolute atomic E-state index is 5.69. The lowest BCUT2D eigenvalue weighted by Crippen LogP contribution is -2.49. The summed E-state index contributed by atoms with van der Waals surface area (Å²) >= 11 is 0. The molecule has 0 spiro atoms. The number of rotatable bonds is 5. The molecule has 142 valence electrons. The van der Waals surface area contributed by atoms with E-state index in [2.05, 4.69) is 26.9 Å². The first-order valence-electron chi connectivity index (χ1n) is 8.31. The molecular weight excluding hydrogens is 363 g/mol. The molecule has 3 rings (SSSR count). The summed E-state index contributed by atoms with van der Waals surface area (Å²) in [6.07, 6.45) is 0.328. The van der Waals surface area contributed by atoms with Gasteiger partial charge in [0.15, 0.2) is 0 Å². The number of hydrogen-bond acceptors (Lipinski definition) is 6. The number of anilines is 1. The van der Waals surface area contributed by atoms with Crippen LogP contribution >= 0.6 is 24.8 Å². The van der Waals surface area contributed by atoms with Crippen molar-refractivity contribution in [2.24, 2.45) is 10.7 Å². The molecule has 0 amide bonds. The van der Waals surface area contributed by atoms with Crippen LogP contribution in [0.1, 0.15) is 13.8 Å². The van der Waals surface area contributed by atoms with Crippen molar-refractivity contribution in [3.8, 4) is 5.75 Å². The van der Waals surface area contributed by atoms with Gasteiger partial charge in [0, 0.05) is 38.4 Å². The zero-order valence-electron chi connectivity index (χ0n) is 14.8. The summed E-state index contributed by atoms with van der Waals surface area (Å²) < 4.78 is 11.2. The van der Waals surface area contributed by atoms with E-state index < -0.39 is 0 Å². The van der Waals surface area contributed by atoms with Gasteiger partial charge in [0.25, 0.3) is 6.02 Å². The van der Waals surface area contributed by atoms with Crippen molar-refractivity contribution in [2.75, 3.05) is 44.2 Å². The van der Waals surface area contributed by atoms with Crippen molar-refractivity contribution >= 4 is 36.5 Å². The van der Waals surface area contributed by atoms with E-state index in [-0.39, 0.29) is 37.0 Å². The topological polar surface area (TPSA) is 63.3 Å². The van der Waals surface area contributed by atoms with Crippen LogP contribution in [0.3, 0.4) is 0 Å². The summed E-state index contributed by atoms with van der Waals surface area (Å²) in [7, 11) is 0. The Bertz CT molecular complexity index is 546. The number of nitrogens with two attached hydrogens (primary N) is 1. The molecular formula is C17H28Cl2N4O2. The minimum atomic E-state index is 0. The van der Waals surface area contributed by atoms with Gasteiger partial charge in [-0.05, 0) is 38.1 Å². The lowest BCUT2D eigenvalue weighted by Gasteiger charge is -2.36. The van der Waals surface area contributed by atoms with E-state index in [1.165, 1.54) is 5.69 Å². The van der Waals surface area contributed by atoms with E-state index in [0.717, 1.165) is 38.5 Å². The van der Waals surface area contributed by atoms with Crippen molar-refractivity contribution in [1.29, 1.82) is 0 Å². The lowest BCUT2D eigenvalue weighted by atomic mass is 10.2. The molecule has 0 radical (unpaired) electrons. The molecule has 1 aromatic rings. The van der Waals surface area contributed by atoms with Gasteiger partial charge in [-0.1, -0.05) is 0 Å². The first-order chi connectivity index (χ1) is 11.1. The van der Waals surface area contributed by atoms with Crippen LogP contribution in [0.5, 0.6) is 5.75 Å². The van der Waals surface area contributed by atoms with Gasteiger partial charge < -0.3 is 20.1 Å². The second kappa shape index (κ2) is 9.94. The van der Waals surface area contributed by atoms with Gasteiger partial charge in [-0.3, -0.25) is 4.90 Å². The molecule has 0 bridgehead atoms. The van der Waals surface area contributed by atoms with Crippen LogP contribution in [0.15, 0.2) is 29.3 Å². The van der Waals surface area contributed by atoms with E-state index in [0.29, 0.717) is 12.6 Å².